The summed E-state index contributed by atoms with van der Waals surface area (Å²) >= 11 is 0. The molecule has 0 radical (unpaired) electrons. The van der Waals surface area contributed by atoms with Crippen molar-refractivity contribution in [3.63, 3.8) is 0 Å². The first-order valence-corrected chi connectivity index (χ1v) is 6.60. The zero-order valence-electron chi connectivity index (χ0n) is 8.37. The fourth-order valence-electron chi connectivity index (χ4n) is 1.06. The van der Waals surface area contributed by atoms with Gasteiger partial charge in [0, 0.05) is 0 Å². The summed E-state index contributed by atoms with van der Waals surface area (Å²) in [5.74, 6) is 0. The van der Waals surface area contributed by atoms with Crippen molar-refractivity contribution in [1.29, 1.82) is 0 Å². The van der Waals surface area contributed by atoms with E-state index in [4.69, 9.17) is 0 Å². The van der Waals surface area contributed by atoms with E-state index < -0.39 is 10.1 Å². The molecule has 3 nitrogen and oxygen atoms in total. The Bertz CT molecular complexity index is 417. The van der Waals surface area contributed by atoms with Crippen LogP contribution in [0.4, 0.5) is 0 Å². The van der Waals surface area contributed by atoms with E-state index in [9.17, 15) is 13.0 Å². The Morgan fingerprint density at radius 3 is 2.36 bits per heavy atom. The summed E-state index contributed by atoms with van der Waals surface area (Å²) < 4.78 is 32.3. The van der Waals surface area contributed by atoms with Gasteiger partial charge >= 0.3 is 18.9 Å². The molecule has 0 bridgehead atoms. The van der Waals surface area contributed by atoms with Crippen LogP contribution in [-0.2, 0) is 10.1 Å². The first-order valence-electron chi connectivity index (χ1n) is 3.69. The Labute approximate surface area is 98.0 Å². The molecule has 1 rings (SSSR count). The molecule has 1 atom stereocenters. The molecule has 14 heavy (non-hydrogen) atoms. The van der Waals surface area contributed by atoms with E-state index in [-0.39, 0.29) is 23.8 Å². The Balaban J connectivity index is 0.00000169. The van der Waals surface area contributed by atoms with Crippen LogP contribution in [0.1, 0.15) is 5.56 Å². The van der Waals surface area contributed by atoms with E-state index in [0.29, 0.717) is 13.9 Å². The van der Waals surface area contributed by atoms with Gasteiger partial charge in [0.05, 0.1) is 4.90 Å². The van der Waals surface area contributed by atoms with Crippen LogP contribution >= 0.6 is 8.58 Å². The van der Waals surface area contributed by atoms with Crippen LogP contribution in [-0.4, -0.2) is 19.6 Å². The molecule has 0 saturated heterocycles. The van der Waals surface area contributed by atoms with Gasteiger partial charge in [-0.05, 0) is 25.0 Å². The van der Waals surface area contributed by atoms with E-state index >= 15 is 0 Å². The summed E-state index contributed by atoms with van der Waals surface area (Å²) in [6.45, 7) is 3.72. The smallest absolute Gasteiger partial charge is 0.744 e. The maximum Gasteiger partial charge on any atom is 1.00 e. The molecule has 1 aromatic rings. The van der Waals surface area contributed by atoms with Crippen molar-refractivity contribution in [1.82, 2.24) is 0 Å². The first kappa shape index (κ1) is 14.2. The molecule has 1 aromatic carbocycles. The Hall–Kier alpha value is 0.157. The average molecular weight is 224 g/mol. The van der Waals surface area contributed by atoms with Crippen molar-refractivity contribution < 1.29 is 31.8 Å². The van der Waals surface area contributed by atoms with E-state index in [0.717, 1.165) is 5.56 Å². The number of hydrogen-bond donors (Lipinski definition) is 0. The maximum absolute atomic E-state index is 10.8. The van der Waals surface area contributed by atoms with Gasteiger partial charge in [-0.1, -0.05) is 26.3 Å². The van der Waals surface area contributed by atoms with Crippen molar-refractivity contribution in [2.24, 2.45) is 0 Å². The zero-order chi connectivity index (χ0) is 10.1. The molecule has 0 amide bonds. The minimum absolute atomic E-state index is 0. The maximum atomic E-state index is 10.8. The third kappa shape index (κ3) is 3.38. The van der Waals surface area contributed by atoms with Gasteiger partial charge in [0.25, 0.3) is 0 Å². The van der Waals surface area contributed by atoms with Crippen molar-refractivity contribution in [3.05, 3.63) is 23.8 Å². The van der Waals surface area contributed by atoms with Gasteiger partial charge in [0.1, 0.15) is 10.1 Å². The second-order valence-corrected chi connectivity index (χ2v) is 5.09. The standard InChI is InChI=1S/C8H11O3PS.Li/c1-6-3-4-8(13(9,10)11)7(5-6)12-2;/h3-5,12H,1-2H3,(H,9,10,11);/q;+1/p-1. The minimum Gasteiger partial charge on any atom is -0.744 e. The van der Waals surface area contributed by atoms with Crippen molar-refractivity contribution >= 4 is 24.0 Å². The van der Waals surface area contributed by atoms with Gasteiger partial charge in [0.15, 0.2) is 0 Å². The van der Waals surface area contributed by atoms with Crippen molar-refractivity contribution in [2.45, 2.75) is 11.8 Å². The third-order valence-electron chi connectivity index (χ3n) is 1.67. The van der Waals surface area contributed by atoms with Crippen LogP contribution in [0.15, 0.2) is 23.1 Å². The second-order valence-electron chi connectivity index (χ2n) is 2.70. The van der Waals surface area contributed by atoms with Crippen molar-refractivity contribution in [2.75, 3.05) is 6.66 Å². The molecule has 0 fully saturated rings. The molecule has 0 aliphatic rings. The Morgan fingerprint density at radius 2 is 1.93 bits per heavy atom. The fourth-order valence-corrected chi connectivity index (χ4v) is 3.00. The summed E-state index contributed by atoms with van der Waals surface area (Å²) in [6, 6.07) is 4.75. The predicted octanol–water partition coefficient (Wildman–Crippen LogP) is -2.16. The molecule has 0 spiro atoms. The normalized spacial score (nSPS) is 11.6. The predicted molar refractivity (Wildman–Crippen MR) is 53.0 cm³/mol. The second kappa shape index (κ2) is 5.30. The number of aryl methyl sites for hydroxylation is 1. The molecule has 72 valence electrons. The van der Waals surface area contributed by atoms with Gasteiger partial charge in [-0.2, -0.15) is 0 Å². The third-order valence-corrected chi connectivity index (χ3v) is 3.70. The molecule has 0 aromatic heterocycles. The zero-order valence-corrected chi connectivity index (χ0v) is 10.2. The molecule has 0 saturated carbocycles. The number of benzene rings is 1. The molecule has 1 unspecified atom stereocenters. The summed E-state index contributed by atoms with van der Waals surface area (Å²) in [4.78, 5) is -0.0843. The van der Waals surface area contributed by atoms with E-state index in [2.05, 4.69) is 0 Å². The summed E-state index contributed by atoms with van der Waals surface area (Å²) in [5.41, 5.74) is 0.969. The van der Waals surface area contributed by atoms with Gasteiger partial charge in [0.2, 0.25) is 0 Å². The van der Waals surface area contributed by atoms with Crippen LogP contribution in [0.2, 0.25) is 0 Å². The Morgan fingerprint density at radius 1 is 1.36 bits per heavy atom. The fraction of sp³-hybridized carbons (Fsp3) is 0.250. The summed E-state index contributed by atoms with van der Waals surface area (Å²) in [5, 5.41) is 0.620. The molecule has 0 aliphatic heterocycles. The van der Waals surface area contributed by atoms with Crippen LogP contribution in [0.3, 0.4) is 0 Å². The van der Waals surface area contributed by atoms with Crippen LogP contribution in [0, 0.1) is 6.92 Å². The molecular formula is C8H10LiO3PS. The largest absolute Gasteiger partial charge is 1.00 e. The quantitative estimate of drug-likeness (QED) is 0.326. The van der Waals surface area contributed by atoms with Gasteiger partial charge in [-0.3, -0.25) is 0 Å². The van der Waals surface area contributed by atoms with E-state index in [1.54, 1.807) is 12.1 Å². The van der Waals surface area contributed by atoms with Crippen LogP contribution in [0.5, 0.6) is 0 Å². The van der Waals surface area contributed by atoms with Crippen molar-refractivity contribution in [3.8, 4) is 0 Å². The summed E-state index contributed by atoms with van der Waals surface area (Å²) in [6.07, 6.45) is 0. The van der Waals surface area contributed by atoms with Crippen LogP contribution in [0.25, 0.3) is 0 Å². The monoisotopic (exact) mass is 224 g/mol. The Kier molecular flexibility index (Phi) is 5.36. The summed E-state index contributed by atoms with van der Waals surface area (Å²) in [7, 11) is -3.99. The molecular weight excluding hydrogens is 214 g/mol. The molecule has 6 heteroatoms. The van der Waals surface area contributed by atoms with Gasteiger partial charge in [-0.25, -0.2) is 8.42 Å². The number of hydrogen-bond acceptors (Lipinski definition) is 3. The van der Waals surface area contributed by atoms with Gasteiger partial charge in [-0.15, -0.1) is 0 Å². The van der Waals surface area contributed by atoms with Crippen LogP contribution < -0.4 is 24.2 Å². The van der Waals surface area contributed by atoms with E-state index in [1.165, 1.54) is 6.07 Å². The molecule has 0 heterocycles. The average Bonchev–Trinajstić information content (AvgIpc) is 2.01. The molecule has 0 aliphatic carbocycles. The SMILES string of the molecule is CPc1cc(C)ccc1S(=O)(=O)[O-].[Li+]. The minimum atomic E-state index is -4.31. The topological polar surface area (TPSA) is 57.2 Å². The number of rotatable bonds is 2. The van der Waals surface area contributed by atoms with Gasteiger partial charge < -0.3 is 4.55 Å². The van der Waals surface area contributed by atoms with E-state index in [1.807, 2.05) is 13.6 Å². The molecule has 0 N–H and O–H groups in total. The first-order chi connectivity index (χ1) is 5.95.